The second-order valence-electron chi connectivity index (χ2n) is 4.94. The molecule has 6 heteroatoms. The van der Waals surface area contributed by atoms with E-state index in [0.717, 1.165) is 22.8 Å². The first-order valence-electron chi connectivity index (χ1n) is 6.92. The number of hydrogen-bond acceptors (Lipinski definition) is 4. The number of nitrogens with zero attached hydrogens (tertiary/aromatic N) is 3. The van der Waals surface area contributed by atoms with Crippen molar-refractivity contribution in [2.75, 3.05) is 31.4 Å². The van der Waals surface area contributed by atoms with E-state index in [2.05, 4.69) is 15.3 Å². The van der Waals surface area contributed by atoms with E-state index in [1.165, 1.54) is 0 Å². The van der Waals surface area contributed by atoms with Crippen molar-refractivity contribution < 1.29 is 4.74 Å². The second kappa shape index (κ2) is 7.31. The molecule has 0 aliphatic heterocycles. The summed E-state index contributed by atoms with van der Waals surface area (Å²) in [5, 5.41) is 3.05. The van der Waals surface area contributed by atoms with Crippen molar-refractivity contribution in [2.45, 2.75) is 6.54 Å². The number of guanidine groups is 1. The molecule has 0 aliphatic rings. The highest BCUT2D eigenvalue weighted by Gasteiger charge is 2.03. The SMILES string of the molecule is COc1ccccc1NC(N)=NCc1ccnc(N(C)C)c1. The lowest BCUT2D eigenvalue weighted by Gasteiger charge is -2.12. The van der Waals surface area contributed by atoms with Gasteiger partial charge in [0.05, 0.1) is 19.3 Å². The van der Waals surface area contributed by atoms with Gasteiger partial charge in [-0.15, -0.1) is 0 Å². The average molecular weight is 299 g/mol. The first-order chi connectivity index (χ1) is 10.6. The molecule has 0 fully saturated rings. The Labute approximate surface area is 130 Å². The van der Waals surface area contributed by atoms with Crippen molar-refractivity contribution >= 4 is 17.5 Å². The van der Waals surface area contributed by atoms with E-state index in [4.69, 9.17) is 10.5 Å². The van der Waals surface area contributed by atoms with Crippen molar-refractivity contribution in [3.8, 4) is 5.75 Å². The van der Waals surface area contributed by atoms with E-state index in [0.29, 0.717) is 12.5 Å². The maximum Gasteiger partial charge on any atom is 0.193 e. The summed E-state index contributed by atoms with van der Waals surface area (Å²) < 4.78 is 5.26. The molecular weight excluding hydrogens is 278 g/mol. The first kappa shape index (κ1) is 15.6. The van der Waals surface area contributed by atoms with Gasteiger partial charge in [0.2, 0.25) is 0 Å². The number of rotatable bonds is 5. The lowest BCUT2D eigenvalue weighted by atomic mass is 10.2. The van der Waals surface area contributed by atoms with Crippen LogP contribution in [0.25, 0.3) is 0 Å². The van der Waals surface area contributed by atoms with Crippen LogP contribution in [0.5, 0.6) is 5.75 Å². The van der Waals surface area contributed by atoms with E-state index in [9.17, 15) is 0 Å². The largest absolute Gasteiger partial charge is 0.495 e. The lowest BCUT2D eigenvalue weighted by molar-refractivity contribution is 0.417. The molecule has 0 atom stereocenters. The maximum atomic E-state index is 5.93. The van der Waals surface area contributed by atoms with Crippen LogP contribution >= 0.6 is 0 Å². The Morgan fingerprint density at radius 2 is 2.09 bits per heavy atom. The Kier molecular flexibility index (Phi) is 5.19. The molecule has 0 unspecified atom stereocenters. The van der Waals surface area contributed by atoms with Gasteiger partial charge in [0, 0.05) is 20.3 Å². The van der Waals surface area contributed by atoms with Crippen molar-refractivity contribution in [3.63, 3.8) is 0 Å². The molecule has 0 aliphatic carbocycles. The summed E-state index contributed by atoms with van der Waals surface area (Å²) in [5.74, 6) is 1.95. The predicted molar refractivity (Wildman–Crippen MR) is 90.5 cm³/mol. The summed E-state index contributed by atoms with van der Waals surface area (Å²) in [4.78, 5) is 10.6. The Balaban J connectivity index is 2.05. The minimum atomic E-state index is 0.340. The topological polar surface area (TPSA) is 75.8 Å². The fourth-order valence-corrected chi connectivity index (χ4v) is 1.91. The first-order valence-corrected chi connectivity index (χ1v) is 6.92. The van der Waals surface area contributed by atoms with Gasteiger partial charge in [-0.1, -0.05) is 12.1 Å². The van der Waals surface area contributed by atoms with Crippen LogP contribution in [0.1, 0.15) is 5.56 Å². The third-order valence-corrected chi connectivity index (χ3v) is 3.07. The Morgan fingerprint density at radius 1 is 1.32 bits per heavy atom. The van der Waals surface area contributed by atoms with Gasteiger partial charge >= 0.3 is 0 Å². The molecule has 1 aromatic carbocycles. The van der Waals surface area contributed by atoms with Gasteiger partial charge < -0.3 is 20.7 Å². The molecule has 6 nitrogen and oxygen atoms in total. The lowest BCUT2D eigenvalue weighted by Crippen LogP contribution is -2.23. The summed E-state index contributed by atoms with van der Waals surface area (Å²) in [6, 6.07) is 11.5. The standard InChI is InChI=1S/C16H21N5O/c1-21(2)15-10-12(8-9-18-15)11-19-16(17)20-13-6-4-5-7-14(13)22-3/h4-10H,11H2,1-3H3,(H3,17,19,20). The van der Waals surface area contributed by atoms with Gasteiger partial charge in [0.1, 0.15) is 11.6 Å². The Bertz CT molecular complexity index is 654. The molecule has 1 aromatic heterocycles. The van der Waals surface area contributed by atoms with Crippen LogP contribution in [0.4, 0.5) is 11.5 Å². The van der Waals surface area contributed by atoms with E-state index in [-0.39, 0.29) is 0 Å². The van der Waals surface area contributed by atoms with E-state index in [1.807, 2.05) is 55.4 Å². The summed E-state index contributed by atoms with van der Waals surface area (Å²) >= 11 is 0. The molecular formula is C16H21N5O. The highest BCUT2D eigenvalue weighted by Crippen LogP contribution is 2.22. The number of aliphatic imine (C=N–C) groups is 1. The van der Waals surface area contributed by atoms with Gasteiger partial charge in [0.15, 0.2) is 5.96 Å². The van der Waals surface area contributed by atoms with Crippen LogP contribution in [-0.2, 0) is 6.54 Å². The average Bonchev–Trinajstić information content (AvgIpc) is 2.53. The van der Waals surface area contributed by atoms with Crippen LogP contribution in [0, 0.1) is 0 Å². The van der Waals surface area contributed by atoms with Gasteiger partial charge in [-0.2, -0.15) is 0 Å². The fourth-order valence-electron chi connectivity index (χ4n) is 1.91. The quantitative estimate of drug-likeness (QED) is 0.653. The molecule has 22 heavy (non-hydrogen) atoms. The minimum Gasteiger partial charge on any atom is -0.495 e. The van der Waals surface area contributed by atoms with E-state index in [1.54, 1.807) is 13.3 Å². The molecule has 0 saturated heterocycles. The molecule has 1 heterocycles. The van der Waals surface area contributed by atoms with Gasteiger partial charge in [-0.25, -0.2) is 9.98 Å². The van der Waals surface area contributed by atoms with Crippen LogP contribution in [-0.4, -0.2) is 32.1 Å². The van der Waals surface area contributed by atoms with Crippen LogP contribution in [0.15, 0.2) is 47.6 Å². The number of hydrogen-bond donors (Lipinski definition) is 2. The molecule has 2 rings (SSSR count). The van der Waals surface area contributed by atoms with Gasteiger partial charge in [0.25, 0.3) is 0 Å². The summed E-state index contributed by atoms with van der Waals surface area (Å²) in [6.45, 7) is 0.483. The number of pyridine rings is 1. The number of methoxy groups -OCH3 is 1. The third-order valence-electron chi connectivity index (χ3n) is 3.07. The zero-order valence-corrected chi connectivity index (χ0v) is 13.1. The molecule has 0 spiro atoms. The van der Waals surface area contributed by atoms with Crippen molar-refractivity contribution in [1.82, 2.24) is 4.98 Å². The zero-order chi connectivity index (χ0) is 15.9. The molecule has 3 N–H and O–H groups in total. The number of benzene rings is 1. The maximum absolute atomic E-state index is 5.93. The third kappa shape index (κ3) is 4.12. The van der Waals surface area contributed by atoms with Crippen molar-refractivity contribution in [3.05, 3.63) is 48.2 Å². The van der Waals surface area contributed by atoms with Crippen LogP contribution < -0.4 is 20.7 Å². The Morgan fingerprint density at radius 3 is 2.82 bits per heavy atom. The number of anilines is 2. The molecule has 0 radical (unpaired) electrons. The van der Waals surface area contributed by atoms with Crippen LogP contribution in [0.3, 0.4) is 0 Å². The van der Waals surface area contributed by atoms with Gasteiger partial charge in [-0.3, -0.25) is 0 Å². The number of aromatic nitrogens is 1. The van der Waals surface area contributed by atoms with E-state index < -0.39 is 0 Å². The van der Waals surface area contributed by atoms with Crippen LogP contribution in [0.2, 0.25) is 0 Å². The molecule has 2 aromatic rings. The predicted octanol–water partition coefficient (Wildman–Crippen LogP) is 2.08. The highest BCUT2D eigenvalue weighted by molar-refractivity contribution is 5.93. The number of para-hydroxylation sites is 2. The smallest absolute Gasteiger partial charge is 0.193 e. The highest BCUT2D eigenvalue weighted by atomic mass is 16.5. The monoisotopic (exact) mass is 299 g/mol. The molecule has 0 amide bonds. The molecule has 116 valence electrons. The van der Waals surface area contributed by atoms with Crippen molar-refractivity contribution in [2.24, 2.45) is 10.7 Å². The zero-order valence-electron chi connectivity index (χ0n) is 13.1. The number of ether oxygens (including phenoxy) is 1. The molecule has 0 bridgehead atoms. The summed E-state index contributed by atoms with van der Waals surface area (Å²) in [7, 11) is 5.52. The number of nitrogens with one attached hydrogen (secondary N) is 1. The molecule has 0 saturated carbocycles. The Hall–Kier alpha value is -2.76. The normalized spacial score (nSPS) is 11.1. The number of nitrogens with two attached hydrogens (primary N) is 1. The second-order valence-corrected chi connectivity index (χ2v) is 4.94. The minimum absolute atomic E-state index is 0.340. The van der Waals surface area contributed by atoms with Gasteiger partial charge in [-0.05, 0) is 29.8 Å². The van der Waals surface area contributed by atoms with Crippen molar-refractivity contribution in [1.29, 1.82) is 0 Å². The summed E-state index contributed by atoms with van der Waals surface area (Å²) in [5.41, 5.74) is 7.76. The summed E-state index contributed by atoms with van der Waals surface area (Å²) in [6.07, 6.45) is 1.77. The fraction of sp³-hybridized carbons (Fsp3) is 0.250. The van der Waals surface area contributed by atoms with E-state index >= 15 is 0 Å².